The number of phenolic OH excluding ortho intramolecular Hbond substituents is 1. The highest BCUT2D eigenvalue weighted by Gasteiger charge is 2.18. The third-order valence-electron chi connectivity index (χ3n) is 2.98. The maximum absolute atomic E-state index is 11.6. The highest BCUT2D eigenvalue weighted by Crippen LogP contribution is 2.23. The highest BCUT2D eigenvalue weighted by molar-refractivity contribution is 5.75. The maximum Gasteiger partial charge on any atom is 0.322 e. The smallest absolute Gasteiger partial charge is 0.322 e. The summed E-state index contributed by atoms with van der Waals surface area (Å²) in [4.78, 5) is 11.6. The molecular weight excluding hydrogens is 258 g/mol. The van der Waals surface area contributed by atoms with Gasteiger partial charge in [-0.05, 0) is 18.9 Å². The minimum Gasteiger partial charge on any atom is -0.507 e. The lowest BCUT2D eigenvalue weighted by Gasteiger charge is -2.16. The molecule has 110 valence electrons. The topological polar surface area (TPSA) is 67.8 Å². The van der Waals surface area contributed by atoms with Crippen LogP contribution in [0.2, 0.25) is 0 Å². The molecule has 5 nitrogen and oxygen atoms in total. The van der Waals surface area contributed by atoms with Gasteiger partial charge < -0.3 is 19.9 Å². The lowest BCUT2D eigenvalue weighted by molar-refractivity contribution is -0.143. The Hall–Kier alpha value is -2.01. The van der Waals surface area contributed by atoms with Crippen molar-refractivity contribution in [2.75, 3.05) is 14.2 Å². The van der Waals surface area contributed by atoms with E-state index in [4.69, 9.17) is 9.47 Å². The first kappa shape index (κ1) is 16.0. The standard InChI is InChI=1S/C15H21NO4/c1-4-5-6-13(15(18)20-3)16-10-11-7-8-12(19-2)9-14(11)17/h4,7-9,13,16-17H,1,5-6,10H2,2-3H3/t13-/m0/s1. The van der Waals surface area contributed by atoms with Crippen molar-refractivity contribution in [1.29, 1.82) is 0 Å². The number of allylic oxidation sites excluding steroid dienone is 1. The number of methoxy groups -OCH3 is 2. The molecule has 0 unspecified atom stereocenters. The van der Waals surface area contributed by atoms with E-state index >= 15 is 0 Å². The summed E-state index contributed by atoms with van der Waals surface area (Å²) in [5.74, 6) is 0.395. The Morgan fingerprint density at radius 3 is 2.80 bits per heavy atom. The molecule has 0 saturated heterocycles. The quantitative estimate of drug-likeness (QED) is 0.563. The van der Waals surface area contributed by atoms with Crippen LogP contribution >= 0.6 is 0 Å². The van der Waals surface area contributed by atoms with Gasteiger partial charge >= 0.3 is 5.97 Å². The monoisotopic (exact) mass is 279 g/mol. The van der Waals surface area contributed by atoms with Gasteiger partial charge in [0.25, 0.3) is 0 Å². The van der Waals surface area contributed by atoms with Gasteiger partial charge in [-0.3, -0.25) is 4.79 Å². The van der Waals surface area contributed by atoms with Gasteiger partial charge in [-0.2, -0.15) is 0 Å². The summed E-state index contributed by atoms with van der Waals surface area (Å²) in [5, 5.41) is 12.9. The number of nitrogens with one attached hydrogen (secondary N) is 1. The number of aromatic hydroxyl groups is 1. The first-order valence-corrected chi connectivity index (χ1v) is 6.40. The Bertz CT molecular complexity index is 459. The second-order valence-corrected chi connectivity index (χ2v) is 4.32. The molecule has 0 aliphatic rings. The molecule has 5 heteroatoms. The fraction of sp³-hybridized carbons (Fsp3) is 0.400. The SMILES string of the molecule is C=CCC[C@H](NCc1ccc(OC)cc1O)C(=O)OC. The predicted molar refractivity (Wildman–Crippen MR) is 76.7 cm³/mol. The zero-order valence-electron chi connectivity index (χ0n) is 11.9. The highest BCUT2D eigenvalue weighted by atomic mass is 16.5. The van der Waals surface area contributed by atoms with Gasteiger partial charge in [0.1, 0.15) is 17.5 Å². The van der Waals surface area contributed by atoms with Crippen LogP contribution in [-0.4, -0.2) is 31.3 Å². The van der Waals surface area contributed by atoms with E-state index in [0.717, 1.165) is 0 Å². The van der Waals surface area contributed by atoms with E-state index in [0.29, 0.717) is 30.7 Å². The maximum atomic E-state index is 11.6. The molecule has 0 fully saturated rings. The van der Waals surface area contributed by atoms with E-state index in [1.807, 2.05) is 0 Å². The van der Waals surface area contributed by atoms with Crippen molar-refractivity contribution < 1.29 is 19.4 Å². The normalized spacial score (nSPS) is 11.7. The van der Waals surface area contributed by atoms with Crippen molar-refractivity contribution >= 4 is 5.97 Å². The molecule has 0 amide bonds. The van der Waals surface area contributed by atoms with Gasteiger partial charge in [0.2, 0.25) is 0 Å². The third kappa shape index (κ3) is 4.59. The van der Waals surface area contributed by atoms with E-state index in [1.54, 1.807) is 18.2 Å². The van der Waals surface area contributed by atoms with Crippen LogP contribution in [0.15, 0.2) is 30.9 Å². The Morgan fingerprint density at radius 2 is 2.25 bits per heavy atom. The molecule has 0 aliphatic carbocycles. The Balaban J connectivity index is 2.66. The zero-order chi connectivity index (χ0) is 15.0. The van der Waals surface area contributed by atoms with E-state index in [2.05, 4.69) is 11.9 Å². The minimum absolute atomic E-state index is 0.129. The van der Waals surface area contributed by atoms with Gasteiger partial charge in [-0.1, -0.05) is 12.1 Å². The van der Waals surface area contributed by atoms with Crippen LogP contribution in [0, 0.1) is 0 Å². The molecule has 1 rings (SSSR count). The van der Waals surface area contributed by atoms with E-state index in [1.165, 1.54) is 20.3 Å². The Kier molecular flexibility index (Phi) is 6.59. The van der Waals surface area contributed by atoms with Crippen LogP contribution in [-0.2, 0) is 16.1 Å². The van der Waals surface area contributed by atoms with Gasteiger partial charge in [0.15, 0.2) is 0 Å². The summed E-state index contributed by atoms with van der Waals surface area (Å²) >= 11 is 0. The number of phenols is 1. The number of hydrogen-bond donors (Lipinski definition) is 2. The molecule has 20 heavy (non-hydrogen) atoms. The van der Waals surface area contributed by atoms with Crippen molar-refractivity contribution in [2.45, 2.75) is 25.4 Å². The summed E-state index contributed by atoms with van der Waals surface area (Å²) in [5.41, 5.74) is 0.693. The first-order valence-electron chi connectivity index (χ1n) is 6.40. The Labute approximate surface area is 119 Å². The molecule has 0 radical (unpaired) electrons. The summed E-state index contributed by atoms with van der Waals surface area (Å²) in [6.07, 6.45) is 3.07. The average Bonchev–Trinajstić information content (AvgIpc) is 2.47. The number of carbonyl (C=O) groups is 1. The summed E-state index contributed by atoms with van der Waals surface area (Å²) < 4.78 is 9.77. The van der Waals surface area contributed by atoms with Crippen molar-refractivity contribution in [1.82, 2.24) is 5.32 Å². The minimum atomic E-state index is -0.417. The van der Waals surface area contributed by atoms with Crippen LogP contribution in [0.4, 0.5) is 0 Å². The first-order chi connectivity index (χ1) is 9.62. The molecule has 2 N–H and O–H groups in total. The number of esters is 1. The van der Waals surface area contributed by atoms with Gasteiger partial charge in [0.05, 0.1) is 14.2 Å². The van der Waals surface area contributed by atoms with Crippen LogP contribution < -0.4 is 10.1 Å². The summed E-state index contributed by atoms with van der Waals surface area (Å²) in [6, 6.07) is 4.63. The summed E-state index contributed by atoms with van der Waals surface area (Å²) in [6.45, 7) is 4.00. The number of rotatable bonds is 8. The van der Waals surface area contributed by atoms with Crippen molar-refractivity contribution in [3.8, 4) is 11.5 Å². The lowest BCUT2D eigenvalue weighted by Crippen LogP contribution is -2.37. The molecule has 0 spiro atoms. The average molecular weight is 279 g/mol. The second kappa shape index (κ2) is 8.22. The number of carbonyl (C=O) groups excluding carboxylic acids is 1. The van der Waals surface area contributed by atoms with Gasteiger partial charge in [0, 0.05) is 18.2 Å². The fourth-order valence-corrected chi connectivity index (χ4v) is 1.78. The number of ether oxygens (including phenoxy) is 2. The summed E-state index contributed by atoms with van der Waals surface area (Å²) in [7, 11) is 2.89. The third-order valence-corrected chi connectivity index (χ3v) is 2.98. The van der Waals surface area contributed by atoms with Gasteiger partial charge in [-0.25, -0.2) is 0 Å². The number of benzene rings is 1. The molecule has 0 aliphatic heterocycles. The van der Waals surface area contributed by atoms with E-state index < -0.39 is 6.04 Å². The fourth-order valence-electron chi connectivity index (χ4n) is 1.78. The molecule has 1 atom stereocenters. The predicted octanol–water partition coefficient (Wildman–Crippen LogP) is 2.00. The van der Waals surface area contributed by atoms with Crippen LogP contribution in [0.3, 0.4) is 0 Å². The molecule has 0 aromatic heterocycles. The lowest BCUT2D eigenvalue weighted by atomic mass is 10.1. The van der Waals surface area contributed by atoms with E-state index in [9.17, 15) is 9.90 Å². The molecule has 0 heterocycles. The van der Waals surface area contributed by atoms with Crippen molar-refractivity contribution in [3.63, 3.8) is 0 Å². The molecule has 1 aromatic rings. The molecule has 0 saturated carbocycles. The second-order valence-electron chi connectivity index (χ2n) is 4.32. The molecular formula is C15H21NO4. The molecule has 1 aromatic carbocycles. The van der Waals surface area contributed by atoms with E-state index in [-0.39, 0.29) is 11.7 Å². The van der Waals surface area contributed by atoms with Crippen LogP contribution in [0.1, 0.15) is 18.4 Å². The van der Waals surface area contributed by atoms with Crippen LogP contribution in [0.25, 0.3) is 0 Å². The van der Waals surface area contributed by atoms with Gasteiger partial charge in [-0.15, -0.1) is 6.58 Å². The largest absolute Gasteiger partial charge is 0.507 e. The molecule has 0 bridgehead atoms. The van der Waals surface area contributed by atoms with Crippen molar-refractivity contribution in [3.05, 3.63) is 36.4 Å². The van der Waals surface area contributed by atoms with Crippen LogP contribution in [0.5, 0.6) is 11.5 Å². The zero-order valence-corrected chi connectivity index (χ0v) is 11.9. The van der Waals surface area contributed by atoms with Crippen molar-refractivity contribution in [2.24, 2.45) is 0 Å². The Morgan fingerprint density at radius 1 is 1.50 bits per heavy atom. The number of hydrogen-bond acceptors (Lipinski definition) is 5.